The highest BCUT2D eigenvalue weighted by molar-refractivity contribution is 6.76. The summed E-state index contributed by atoms with van der Waals surface area (Å²) < 4.78 is 0. The second kappa shape index (κ2) is 3.90. The van der Waals surface area contributed by atoms with Crippen LogP contribution in [-0.2, 0) is 6.42 Å². The number of hydrogen-bond donors (Lipinski definition) is 0. The van der Waals surface area contributed by atoms with Crippen molar-refractivity contribution >= 4 is 8.07 Å². The van der Waals surface area contributed by atoms with Crippen LogP contribution in [0.1, 0.15) is 5.56 Å². The van der Waals surface area contributed by atoms with Crippen LogP contribution in [-0.4, -0.2) is 8.07 Å². The first-order chi connectivity index (χ1) is 5.58. The summed E-state index contributed by atoms with van der Waals surface area (Å²) in [4.78, 5) is 0. The first-order valence-electron chi connectivity index (χ1n) is 4.53. The van der Waals surface area contributed by atoms with Gasteiger partial charge in [-0.15, -0.1) is 0 Å². The van der Waals surface area contributed by atoms with Gasteiger partial charge in [-0.1, -0.05) is 50.0 Å². The van der Waals surface area contributed by atoms with Crippen molar-refractivity contribution in [3.8, 4) is 0 Å². The number of hydrogen-bond acceptors (Lipinski definition) is 0. The molecule has 0 fully saturated rings. The van der Waals surface area contributed by atoms with Gasteiger partial charge in [-0.3, -0.25) is 0 Å². The van der Waals surface area contributed by atoms with Gasteiger partial charge < -0.3 is 0 Å². The van der Waals surface area contributed by atoms with Crippen LogP contribution in [0.4, 0.5) is 0 Å². The Hall–Kier alpha value is -0.563. The minimum Gasteiger partial charge on any atom is -0.0695 e. The number of aryl methyl sites for hydroxylation is 1. The lowest BCUT2D eigenvalue weighted by Gasteiger charge is -2.14. The van der Waals surface area contributed by atoms with Gasteiger partial charge in [0.25, 0.3) is 0 Å². The molecular formula is C11H17Si. The maximum absolute atomic E-state index is 3.04. The Bertz CT molecular complexity index is 221. The van der Waals surface area contributed by atoms with Gasteiger partial charge in [0.05, 0.1) is 0 Å². The Kier molecular flexibility index (Phi) is 3.10. The summed E-state index contributed by atoms with van der Waals surface area (Å²) in [6, 6.07) is 12.8. The monoisotopic (exact) mass is 177 g/mol. The number of benzene rings is 1. The lowest BCUT2D eigenvalue weighted by molar-refractivity contribution is 1.09. The third kappa shape index (κ3) is 3.72. The molecule has 0 atom stereocenters. The lowest BCUT2D eigenvalue weighted by Crippen LogP contribution is -2.19. The molecule has 0 bridgehead atoms. The fourth-order valence-corrected chi connectivity index (χ4v) is 2.15. The minimum absolute atomic E-state index is 0.850. The standard InChI is InChI=1S/C11H17Si/c1-12(2,3)10-9-11-7-5-4-6-8-11/h5-8H,9-10H2,1-3H3. The van der Waals surface area contributed by atoms with E-state index in [1.807, 2.05) is 12.1 Å². The average molecular weight is 177 g/mol. The van der Waals surface area contributed by atoms with E-state index in [-0.39, 0.29) is 0 Å². The molecule has 0 amide bonds. The predicted molar refractivity (Wildman–Crippen MR) is 57.1 cm³/mol. The normalized spacial score (nSPS) is 11.6. The first kappa shape index (κ1) is 9.52. The van der Waals surface area contributed by atoms with Gasteiger partial charge in [0.1, 0.15) is 0 Å². The van der Waals surface area contributed by atoms with Crippen molar-refractivity contribution in [1.82, 2.24) is 0 Å². The molecule has 0 aliphatic carbocycles. The molecule has 0 aromatic heterocycles. The molecule has 1 heteroatoms. The topological polar surface area (TPSA) is 0 Å². The smallest absolute Gasteiger partial charge is 0.0445 e. The highest BCUT2D eigenvalue weighted by Gasteiger charge is 2.11. The fraction of sp³-hybridized carbons (Fsp3) is 0.455. The van der Waals surface area contributed by atoms with Gasteiger partial charge in [-0.05, 0) is 18.1 Å². The summed E-state index contributed by atoms with van der Waals surface area (Å²) >= 11 is 0. The zero-order chi connectivity index (χ0) is 9.03. The Morgan fingerprint density at radius 1 is 1.17 bits per heavy atom. The van der Waals surface area contributed by atoms with Crippen LogP contribution in [0.3, 0.4) is 0 Å². The van der Waals surface area contributed by atoms with Crippen LogP contribution in [0, 0.1) is 6.07 Å². The van der Waals surface area contributed by atoms with Crippen molar-refractivity contribution < 1.29 is 0 Å². The van der Waals surface area contributed by atoms with Crippen molar-refractivity contribution in [2.75, 3.05) is 0 Å². The molecule has 0 N–H and O–H groups in total. The summed E-state index contributed by atoms with van der Waals surface area (Å²) in [6.45, 7) is 7.26. The summed E-state index contributed by atoms with van der Waals surface area (Å²) in [7, 11) is -0.850. The zero-order valence-corrected chi connectivity index (χ0v) is 9.22. The molecule has 1 aromatic carbocycles. The van der Waals surface area contributed by atoms with E-state index in [2.05, 4.69) is 37.8 Å². The fourth-order valence-electron chi connectivity index (χ4n) is 1.11. The third-order valence-electron chi connectivity index (χ3n) is 1.95. The predicted octanol–water partition coefficient (Wildman–Crippen LogP) is 3.37. The van der Waals surface area contributed by atoms with Crippen molar-refractivity contribution in [1.29, 1.82) is 0 Å². The highest BCUT2D eigenvalue weighted by Crippen LogP contribution is 2.12. The maximum Gasteiger partial charge on any atom is 0.0445 e. The van der Waals surface area contributed by atoms with E-state index in [0.717, 1.165) is 0 Å². The SMILES string of the molecule is C[Si](C)(C)CCc1cc[c]cc1. The summed E-state index contributed by atoms with van der Waals surface area (Å²) in [5, 5.41) is 0. The van der Waals surface area contributed by atoms with E-state index >= 15 is 0 Å². The lowest BCUT2D eigenvalue weighted by atomic mass is 10.2. The maximum atomic E-state index is 3.04. The minimum atomic E-state index is -0.850. The molecule has 0 saturated carbocycles. The van der Waals surface area contributed by atoms with E-state index in [0.29, 0.717) is 0 Å². The molecule has 1 aromatic rings. The van der Waals surface area contributed by atoms with Crippen LogP contribution >= 0.6 is 0 Å². The Labute approximate surface area is 76.6 Å². The summed E-state index contributed by atoms with van der Waals surface area (Å²) in [5.41, 5.74) is 1.45. The van der Waals surface area contributed by atoms with Crippen molar-refractivity contribution in [3.63, 3.8) is 0 Å². The van der Waals surface area contributed by atoms with Gasteiger partial charge >= 0.3 is 0 Å². The van der Waals surface area contributed by atoms with Crippen LogP contribution in [0.2, 0.25) is 25.7 Å². The van der Waals surface area contributed by atoms with E-state index in [4.69, 9.17) is 0 Å². The van der Waals surface area contributed by atoms with E-state index in [1.165, 1.54) is 18.0 Å². The van der Waals surface area contributed by atoms with Crippen LogP contribution in [0.5, 0.6) is 0 Å². The van der Waals surface area contributed by atoms with Gasteiger partial charge in [-0.2, -0.15) is 0 Å². The van der Waals surface area contributed by atoms with Crippen molar-refractivity contribution in [2.45, 2.75) is 32.1 Å². The molecule has 65 valence electrons. The van der Waals surface area contributed by atoms with Crippen LogP contribution in [0.15, 0.2) is 24.3 Å². The van der Waals surface area contributed by atoms with Gasteiger partial charge in [0.2, 0.25) is 0 Å². The molecule has 1 radical (unpaired) electrons. The van der Waals surface area contributed by atoms with Gasteiger partial charge in [0, 0.05) is 8.07 Å². The van der Waals surface area contributed by atoms with Crippen LogP contribution in [0.25, 0.3) is 0 Å². The van der Waals surface area contributed by atoms with E-state index in [1.54, 1.807) is 0 Å². The molecule has 0 spiro atoms. The zero-order valence-electron chi connectivity index (χ0n) is 8.22. The molecular weight excluding hydrogens is 160 g/mol. The molecule has 0 nitrogen and oxygen atoms in total. The van der Waals surface area contributed by atoms with Crippen LogP contribution < -0.4 is 0 Å². The van der Waals surface area contributed by atoms with E-state index < -0.39 is 8.07 Å². The second-order valence-electron chi connectivity index (χ2n) is 4.47. The molecule has 0 aliphatic heterocycles. The average Bonchev–Trinajstić information content (AvgIpc) is 2.02. The molecule has 12 heavy (non-hydrogen) atoms. The third-order valence-corrected chi connectivity index (χ3v) is 3.70. The summed E-state index contributed by atoms with van der Waals surface area (Å²) in [6.07, 6.45) is 1.24. The second-order valence-corrected chi connectivity index (χ2v) is 10.1. The van der Waals surface area contributed by atoms with Crippen molar-refractivity contribution in [3.05, 3.63) is 35.9 Å². The largest absolute Gasteiger partial charge is 0.0695 e. The molecule has 0 saturated heterocycles. The summed E-state index contributed by atoms with van der Waals surface area (Å²) in [5.74, 6) is 0. The molecule has 1 rings (SSSR count). The molecule has 0 unspecified atom stereocenters. The Balaban J connectivity index is 2.44. The molecule has 0 heterocycles. The Morgan fingerprint density at radius 3 is 2.25 bits per heavy atom. The highest BCUT2D eigenvalue weighted by atomic mass is 28.3. The van der Waals surface area contributed by atoms with Gasteiger partial charge in [0.15, 0.2) is 0 Å². The first-order valence-corrected chi connectivity index (χ1v) is 8.24. The van der Waals surface area contributed by atoms with Gasteiger partial charge in [-0.25, -0.2) is 0 Å². The number of rotatable bonds is 3. The quantitative estimate of drug-likeness (QED) is 0.621. The molecule has 0 aliphatic rings. The van der Waals surface area contributed by atoms with E-state index in [9.17, 15) is 0 Å². The van der Waals surface area contributed by atoms with Crippen molar-refractivity contribution in [2.24, 2.45) is 0 Å². The Morgan fingerprint density at radius 2 is 1.75 bits per heavy atom.